The Hall–Kier alpha value is -1.06. The molecule has 94 valence electrons. The summed E-state index contributed by atoms with van der Waals surface area (Å²) in [5.41, 5.74) is 0.0680. The van der Waals surface area contributed by atoms with E-state index in [-0.39, 0.29) is 12.5 Å². The molecule has 0 heterocycles. The molecule has 0 spiro atoms. The Morgan fingerprint density at radius 3 is 2.53 bits per heavy atom. The van der Waals surface area contributed by atoms with Crippen molar-refractivity contribution in [3.8, 4) is 0 Å². The normalized spacial score (nSPS) is 14.1. The maximum absolute atomic E-state index is 11.6. The largest absolute Gasteiger partial charge is 0.388 e. The zero-order valence-electron chi connectivity index (χ0n) is 10.2. The van der Waals surface area contributed by atoms with Crippen LogP contribution in [0.25, 0.3) is 0 Å². The zero-order valence-corrected chi connectivity index (χ0v) is 10.9. The summed E-state index contributed by atoms with van der Waals surface area (Å²) in [4.78, 5) is 11.6. The van der Waals surface area contributed by atoms with Crippen molar-refractivity contribution < 1.29 is 9.90 Å². The summed E-state index contributed by atoms with van der Waals surface area (Å²) in [6.07, 6.45) is 0.908. The molecule has 1 amide bonds. The summed E-state index contributed by atoms with van der Waals surface area (Å²) in [6, 6.07) is 7.15. The molecule has 4 heteroatoms. The van der Waals surface area contributed by atoms with Gasteiger partial charge < -0.3 is 10.4 Å². The molecule has 0 aromatic heterocycles. The van der Waals surface area contributed by atoms with E-state index in [1.54, 1.807) is 19.1 Å². The Morgan fingerprint density at radius 2 is 2.00 bits per heavy atom. The minimum Gasteiger partial charge on any atom is -0.388 e. The molecule has 0 bridgehead atoms. The molecule has 0 radical (unpaired) electrons. The maximum atomic E-state index is 11.6. The Labute approximate surface area is 107 Å². The lowest BCUT2D eigenvalue weighted by molar-refractivity contribution is -0.121. The molecule has 0 aliphatic heterocycles. The Bertz CT molecular complexity index is 374. The van der Waals surface area contributed by atoms with Gasteiger partial charge in [0.1, 0.15) is 0 Å². The van der Waals surface area contributed by atoms with Gasteiger partial charge in [-0.3, -0.25) is 4.79 Å². The highest BCUT2D eigenvalue weighted by molar-refractivity contribution is 6.30. The van der Waals surface area contributed by atoms with Crippen molar-refractivity contribution in [3.05, 3.63) is 34.9 Å². The van der Waals surface area contributed by atoms with E-state index in [0.717, 1.165) is 5.56 Å². The number of aliphatic hydroxyl groups is 1. The minimum absolute atomic E-state index is 0.0963. The Morgan fingerprint density at radius 1 is 1.41 bits per heavy atom. The molecule has 2 N–H and O–H groups in total. The highest BCUT2D eigenvalue weighted by Crippen LogP contribution is 2.10. The van der Waals surface area contributed by atoms with Crippen molar-refractivity contribution in [2.75, 3.05) is 6.54 Å². The number of amides is 1. The van der Waals surface area contributed by atoms with E-state index in [1.807, 2.05) is 19.1 Å². The van der Waals surface area contributed by atoms with E-state index in [1.165, 1.54) is 0 Å². The molecule has 17 heavy (non-hydrogen) atoms. The van der Waals surface area contributed by atoms with Crippen LogP contribution in [-0.4, -0.2) is 23.2 Å². The Kier molecular flexibility index (Phi) is 4.97. The lowest BCUT2D eigenvalue weighted by atomic mass is 10.0. The molecule has 1 aromatic carbocycles. The van der Waals surface area contributed by atoms with E-state index in [9.17, 15) is 9.90 Å². The third-order valence-electron chi connectivity index (χ3n) is 2.71. The van der Waals surface area contributed by atoms with Gasteiger partial charge in [0.15, 0.2) is 0 Å². The average Bonchev–Trinajstić information content (AvgIpc) is 2.30. The van der Waals surface area contributed by atoms with Gasteiger partial charge in [-0.05, 0) is 31.0 Å². The van der Waals surface area contributed by atoms with E-state index < -0.39 is 5.60 Å². The van der Waals surface area contributed by atoms with Crippen molar-refractivity contribution in [2.24, 2.45) is 0 Å². The van der Waals surface area contributed by atoms with E-state index in [0.29, 0.717) is 17.9 Å². The van der Waals surface area contributed by atoms with Gasteiger partial charge in [-0.2, -0.15) is 0 Å². The molecule has 0 aliphatic rings. The van der Waals surface area contributed by atoms with Crippen LogP contribution in [0.5, 0.6) is 0 Å². The molecular weight excluding hydrogens is 238 g/mol. The first kappa shape index (κ1) is 14.0. The second-order valence-electron chi connectivity index (χ2n) is 4.43. The summed E-state index contributed by atoms with van der Waals surface area (Å²) in [6.45, 7) is 3.86. The van der Waals surface area contributed by atoms with Gasteiger partial charge in [-0.1, -0.05) is 30.7 Å². The summed E-state index contributed by atoms with van der Waals surface area (Å²) in [7, 11) is 0. The lowest BCUT2D eigenvalue weighted by Crippen LogP contribution is -2.40. The molecule has 3 nitrogen and oxygen atoms in total. The third-order valence-corrected chi connectivity index (χ3v) is 2.96. The fourth-order valence-electron chi connectivity index (χ4n) is 1.26. The summed E-state index contributed by atoms with van der Waals surface area (Å²) in [5.74, 6) is -0.0963. The van der Waals surface area contributed by atoms with E-state index in [2.05, 4.69) is 5.32 Å². The van der Waals surface area contributed by atoms with Crippen LogP contribution in [0.2, 0.25) is 5.02 Å². The lowest BCUT2D eigenvalue weighted by Gasteiger charge is -2.21. The number of hydrogen-bond donors (Lipinski definition) is 2. The summed E-state index contributed by atoms with van der Waals surface area (Å²) >= 11 is 5.75. The summed E-state index contributed by atoms with van der Waals surface area (Å²) < 4.78 is 0. The van der Waals surface area contributed by atoms with Gasteiger partial charge in [-0.15, -0.1) is 0 Å². The molecular formula is C13H18ClNO2. The smallest absolute Gasteiger partial charge is 0.224 e. The van der Waals surface area contributed by atoms with Crippen LogP contribution >= 0.6 is 11.6 Å². The van der Waals surface area contributed by atoms with Crippen molar-refractivity contribution in [2.45, 2.75) is 32.3 Å². The fraction of sp³-hybridized carbons (Fsp3) is 0.462. The highest BCUT2D eigenvalue weighted by atomic mass is 35.5. The van der Waals surface area contributed by atoms with Gasteiger partial charge in [0.05, 0.1) is 12.0 Å². The SMILES string of the molecule is CCC(C)(O)CNC(=O)Cc1ccc(Cl)cc1. The van der Waals surface area contributed by atoms with Crippen LogP contribution in [-0.2, 0) is 11.2 Å². The molecule has 0 fully saturated rings. The second-order valence-corrected chi connectivity index (χ2v) is 4.87. The highest BCUT2D eigenvalue weighted by Gasteiger charge is 2.18. The number of rotatable bonds is 5. The molecule has 1 rings (SSSR count). The molecule has 0 saturated heterocycles. The van der Waals surface area contributed by atoms with Gasteiger partial charge in [0, 0.05) is 11.6 Å². The first-order valence-corrected chi connectivity index (χ1v) is 6.04. The topological polar surface area (TPSA) is 49.3 Å². The van der Waals surface area contributed by atoms with Gasteiger partial charge in [0.25, 0.3) is 0 Å². The number of carbonyl (C=O) groups is 1. The van der Waals surface area contributed by atoms with Crippen LogP contribution in [0, 0.1) is 0 Å². The second kappa shape index (κ2) is 6.03. The number of hydrogen-bond acceptors (Lipinski definition) is 2. The predicted molar refractivity (Wildman–Crippen MR) is 69.1 cm³/mol. The van der Waals surface area contributed by atoms with Crippen LogP contribution < -0.4 is 5.32 Å². The molecule has 0 aliphatic carbocycles. The monoisotopic (exact) mass is 255 g/mol. The number of carbonyl (C=O) groups excluding carboxylic acids is 1. The van der Waals surface area contributed by atoms with Crippen molar-refractivity contribution in [1.82, 2.24) is 5.32 Å². The first-order chi connectivity index (χ1) is 7.93. The van der Waals surface area contributed by atoms with Gasteiger partial charge >= 0.3 is 0 Å². The van der Waals surface area contributed by atoms with Crippen molar-refractivity contribution in [1.29, 1.82) is 0 Å². The van der Waals surface area contributed by atoms with Crippen LogP contribution in [0.4, 0.5) is 0 Å². The van der Waals surface area contributed by atoms with Crippen molar-refractivity contribution in [3.63, 3.8) is 0 Å². The molecule has 1 aromatic rings. The standard InChI is InChI=1S/C13H18ClNO2/c1-3-13(2,17)9-15-12(16)8-10-4-6-11(14)7-5-10/h4-7,17H,3,8-9H2,1-2H3,(H,15,16). The number of benzene rings is 1. The third kappa shape index (κ3) is 5.20. The molecule has 1 unspecified atom stereocenters. The van der Waals surface area contributed by atoms with Crippen LogP contribution in [0.3, 0.4) is 0 Å². The van der Waals surface area contributed by atoms with E-state index >= 15 is 0 Å². The fourth-order valence-corrected chi connectivity index (χ4v) is 1.39. The Balaban J connectivity index is 2.42. The van der Waals surface area contributed by atoms with Gasteiger partial charge in [-0.25, -0.2) is 0 Å². The van der Waals surface area contributed by atoms with Crippen LogP contribution in [0.1, 0.15) is 25.8 Å². The predicted octanol–water partition coefficient (Wildman–Crippen LogP) is 2.16. The number of halogens is 1. The van der Waals surface area contributed by atoms with Gasteiger partial charge in [0.2, 0.25) is 5.91 Å². The average molecular weight is 256 g/mol. The zero-order chi connectivity index (χ0) is 12.9. The van der Waals surface area contributed by atoms with E-state index in [4.69, 9.17) is 11.6 Å². The maximum Gasteiger partial charge on any atom is 0.224 e. The molecule has 0 saturated carbocycles. The minimum atomic E-state index is -0.838. The molecule has 1 atom stereocenters. The van der Waals surface area contributed by atoms with Crippen LogP contribution in [0.15, 0.2) is 24.3 Å². The first-order valence-electron chi connectivity index (χ1n) is 5.66. The van der Waals surface area contributed by atoms with Crippen molar-refractivity contribution >= 4 is 17.5 Å². The number of nitrogens with one attached hydrogen (secondary N) is 1. The quantitative estimate of drug-likeness (QED) is 0.847. The summed E-state index contributed by atoms with van der Waals surface area (Å²) in [5, 5.41) is 13.1.